The zero-order valence-electron chi connectivity index (χ0n) is 19.9. The summed E-state index contributed by atoms with van der Waals surface area (Å²) in [4.78, 5) is 27.1. The van der Waals surface area contributed by atoms with E-state index in [0.717, 1.165) is 24.8 Å². The van der Waals surface area contributed by atoms with Crippen LogP contribution in [0.1, 0.15) is 113 Å². The number of likely N-dealkylation sites (tertiary alicyclic amines) is 1. The van der Waals surface area contributed by atoms with Gasteiger partial charge >= 0.3 is 5.97 Å². The molecule has 0 aliphatic carbocycles. The molecule has 1 saturated heterocycles. The lowest BCUT2D eigenvalue weighted by Gasteiger charge is -2.23. The van der Waals surface area contributed by atoms with Crippen molar-refractivity contribution in [3.05, 3.63) is 35.4 Å². The number of benzene rings is 1. The number of carbonyl (C=O) groups excluding carboxylic acids is 2. The molecule has 0 spiro atoms. The number of nitrogens with zero attached hydrogens (tertiary/aromatic N) is 1. The monoisotopic (exact) mass is 429 g/mol. The van der Waals surface area contributed by atoms with Crippen molar-refractivity contribution in [1.29, 1.82) is 0 Å². The van der Waals surface area contributed by atoms with Gasteiger partial charge in [0, 0.05) is 12.1 Å². The van der Waals surface area contributed by atoms with E-state index < -0.39 is 6.04 Å². The molecule has 0 aromatic heterocycles. The fourth-order valence-electron chi connectivity index (χ4n) is 4.41. The van der Waals surface area contributed by atoms with E-state index in [1.165, 1.54) is 64.2 Å². The summed E-state index contributed by atoms with van der Waals surface area (Å²) in [5.74, 6) is -0.296. The highest BCUT2D eigenvalue weighted by Crippen LogP contribution is 2.22. The molecule has 1 aliphatic heterocycles. The van der Waals surface area contributed by atoms with Crippen LogP contribution in [0.15, 0.2) is 24.3 Å². The van der Waals surface area contributed by atoms with Crippen LogP contribution >= 0.6 is 0 Å². The molecule has 1 atom stereocenters. The molecule has 1 aromatic rings. The molecule has 0 N–H and O–H groups in total. The Morgan fingerprint density at radius 3 is 2.16 bits per heavy atom. The number of unbranched alkanes of at least 4 members (excludes halogenated alkanes) is 11. The average Bonchev–Trinajstić information content (AvgIpc) is 3.26. The third-order valence-corrected chi connectivity index (χ3v) is 6.29. The summed E-state index contributed by atoms with van der Waals surface area (Å²) in [7, 11) is 0. The Morgan fingerprint density at radius 1 is 0.935 bits per heavy atom. The van der Waals surface area contributed by atoms with Crippen LogP contribution in [-0.2, 0) is 9.53 Å². The van der Waals surface area contributed by atoms with E-state index in [0.29, 0.717) is 25.1 Å². The Bertz CT molecular complexity index is 658. The van der Waals surface area contributed by atoms with Crippen LogP contribution in [0.4, 0.5) is 0 Å². The summed E-state index contributed by atoms with van der Waals surface area (Å²) in [6.07, 6.45) is 17.0. The summed E-state index contributed by atoms with van der Waals surface area (Å²) in [5, 5.41) is 0. The molecule has 1 amide bonds. The number of esters is 1. The van der Waals surface area contributed by atoms with Crippen LogP contribution in [-0.4, -0.2) is 36.0 Å². The van der Waals surface area contributed by atoms with Gasteiger partial charge in [-0.15, -0.1) is 0 Å². The predicted molar refractivity (Wildman–Crippen MR) is 127 cm³/mol. The van der Waals surface area contributed by atoms with Crippen molar-refractivity contribution in [2.75, 3.05) is 13.2 Å². The highest BCUT2D eigenvalue weighted by molar-refractivity contribution is 5.97. The van der Waals surface area contributed by atoms with Crippen LogP contribution < -0.4 is 0 Å². The van der Waals surface area contributed by atoms with E-state index in [9.17, 15) is 9.59 Å². The fourth-order valence-corrected chi connectivity index (χ4v) is 4.41. The van der Waals surface area contributed by atoms with Crippen LogP contribution in [0.3, 0.4) is 0 Å². The third-order valence-electron chi connectivity index (χ3n) is 6.29. The summed E-state index contributed by atoms with van der Waals surface area (Å²) in [6.45, 7) is 5.34. The molecule has 0 radical (unpaired) electrons. The van der Waals surface area contributed by atoms with Gasteiger partial charge in [0.05, 0.1) is 6.61 Å². The number of amides is 1. The van der Waals surface area contributed by atoms with Gasteiger partial charge in [-0.3, -0.25) is 4.79 Å². The van der Waals surface area contributed by atoms with E-state index >= 15 is 0 Å². The molecule has 4 heteroatoms. The number of hydrogen-bond donors (Lipinski definition) is 0. The largest absolute Gasteiger partial charge is 0.464 e. The maximum Gasteiger partial charge on any atom is 0.328 e. The maximum absolute atomic E-state index is 12.8. The second kappa shape index (κ2) is 15.0. The van der Waals surface area contributed by atoms with Gasteiger partial charge in [-0.2, -0.15) is 0 Å². The first-order valence-electron chi connectivity index (χ1n) is 12.7. The third kappa shape index (κ3) is 9.45. The van der Waals surface area contributed by atoms with Gasteiger partial charge < -0.3 is 9.64 Å². The molecule has 1 unspecified atom stereocenters. The second-order valence-electron chi connectivity index (χ2n) is 9.08. The van der Waals surface area contributed by atoms with Crippen molar-refractivity contribution >= 4 is 11.9 Å². The molecule has 1 fully saturated rings. The zero-order valence-corrected chi connectivity index (χ0v) is 19.9. The molecule has 2 rings (SSSR count). The van der Waals surface area contributed by atoms with Gasteiger partial charge in [-0.25, -0.2) is 4.79 Å². The Hall–Kier alpha value is -1.84. The lowest BCUT2D eigenvalue weighted by Crippen LogP contribution is -2.41. The Morgan fingerprint density at radius 2 is 1.55 bits per heavy atom. The van der Waals surface area contributed by atoms with Crippen molar-refractivity contribution in [2.45, 2.75) is 110 Å². The molecule has 4 nitrogen and oxygen atoms in total. The minimum Gasteiger partial charge on any atom is -0.464 e. The van der Waals surface area contributed by atoms with Crippen molar-refractivity contribution in [2.24, 2.45) is 0 Å². The van der Waals surface area contributed by atoms with E-state index in [1.54, 1.807) is 4.90 Å². The summed E-state index contributed by atoms with van der Waals surface area (Å²) >= 11 is 0. The van der Waals surface area contributed by atoms with Gasteiger partial charge in [0.25, 0.3) is 5.91 Å². The van der Waals surface area contributed by atoms with Crippen molar-refractivity contribution in [1.82, 2.24) is 4.90 Å². The minimum atomic E-state index is -0.426. The van der Waals surface area contributed by atoms with Crippen molar-refractivity contribution in [3.63, 3.8) is 0 Å². The molecule has 1 heterocycles. The molecule has 0 saturated carbocycles. The quantitative estimate of drug-likeness (QED) is 0.226. The smallest absolute Gasteiger partial charge is 0.328 e. The highest BCUT2D eigenvalue weighted by atomic mass is 16.5. The summed E-state index contributed by atoms with van der Waals surface area (Å²) < 4.78 is 5.52. The highest BCUT2D eigenvalue weighted by Gasteiger charge is 2.35. The van der Waals surface area contributed by atoms with Gasteiger partial charge in [0.1, 0.15) is 6.04 Å². The Labute approximate surface area is 189 Å². The van der Waals surface area contributed by atoms with Crippen LogP contribution in [0, 0.1) is 6.92 Å². The number of aryl methyl sites for hydroxylation is 1. The van der Waals surface area contributed by atoms with Crippen LogP contribution in [0.5, 0.6) is 0 Å². The normalized spacial score (nSPS) is 15.9. The average molecular weight is 430 g/mol. The molecule has 0 bridgehead atoms. The summed E-state index contributed by atoms with van der Waals surface area (Å²) in [5.41, 5.74) is 1.71. The number of rotatable bonds is 15. The SMILES string of the molecule is CCCCCCCCCCCCCCOC(=O)C1CCCN1C(=O)c1cccc(C)c1. The number of carbonyl (C=O) groups is 2. The van der Waals surface area contributed by atoms with E-state index in [1.807, 2.05) is 31.2 Å². The van der Waals surface area contributed by atoms with Gasteiger partial charge in [0.2, 0.25) is 0 Å². The van der Waals surface area contributed by atoms with Gasteiger partial charge in [0.15, 0.2) is 0 Å². The second-order valence-corrected chi connectivity index (χ2v) is 9.08. The Kier molecular flexibility index (Phi) is 12.3. The predicted octanol–water partition coefficient (Wildman–Crippen LogP) is 6.84. The van der Waals surface area contributed by atoms with E-state index in [-0.39, 0.29) is 11.9 Å². The standard InChI is InChI=1S/C27H43NO3/c1-3-4-5-6-7-8-9-10-11-12-13-14-21-31-27(30)25-19-16-20-28(25)26(29)24-18-15-17-23(2)22-24/h15,17-18,22,25H,3-14,16,19-21H2,1-2H3. The van der Waals surface area contributed by atoms with Crippen molar-refractivity contribution < 1.29 is 14.3 Å². The first kappa shape index (κ1) is 25.4. The zero-order chi connectivity index (χ0) is 22.3. The first-order chi connectivity index (χ1) is 15.1. The van der Waals surface area contributed by atoms with Gasteiger partial charge in [-0.1, -0.05) is 95.2 Å². The molecule has 1 aromatic carbocycles. The molecule has 174 valence electrons. The lowest BCUT2D eigenvalue weighted by atomic mass is 10.1. The lowest BCUT2D eigenvalue weighted by molar-refractivity contribution is -0.148. The minimum absolute atomic E-state index is 0.0616. The van der Waals surface area contributed by atoms with E-state index in [4.69, 9.17) is 4.74 Å². The molecular formula is C27H43NO3. The maximum atomic E-state index is 12.8. The Balaban J connectivity index is 1.54. The molecule has 31 heavy (non-hydrogen) atoms. The molecule has 1 aliphatic rings. The fraction of sp³-hybridized carbons (Fsp3) is 0.704. The topological polar surface area (TPSA) is 46.6 Å². The van der Waals surface area contributed by atoms with Crippen LogP contribution in [0.2, 0.25) is 0 Å². The first-order valence-corrected chi connectivity index (χ1v) is 12.7. The number of hydrogen-bond acceptors (Lipinski definition) is 3. The van der Waals surface area contributed by atoms with E-state index in [2.05, 4.69) is 6.92 Å². The number of ether oxygens (including phenoxy) is 1. The van der Waals surface area contributed by atoms with Gasteiger partial charge in [-0.05, 0) is 38.3 Å². The van der Waals surface area contributed by atoms with Crippen molar-refractivity contribution in [3.8, 4) is 0 Å². The molecular weight excluding hydrogens is 386 g/mol. The van der Waals surface area contributed by atoms with Crippen LogP contribution in [0.25, 0.3) is 0 Å². The summed E-state index contributed by atoms with van der Waals surface area (Å²) in [6, 6.07) is 7.14.